The summed E-state index contributed by atoms with van der Waals surface area (Å²) in [4.78, 5) is 28.0. The van der Waals surface area contributed by atoms with Gasteiger partial charge in [0.2, 0.25) is 11.8 Å². The van der Waals surface area contributed by atoms with Crippen LogP contribution in [-0.4, -0.2) is 36.9 Å². The molecule has 1 aromatic carbocycles. The Morgan fingerprint density at radius 2 is 2.05 bits per heavy atom. The summed E-state index contributed by atoms with van der Waals surface area (Å²) in [6.45, 7) is 3.00. The van der Waals surface area contributed by atoms with Gasteiger partial charge in [-0.3, -0.25) is 9.59 Å². The van der Waals surface area contributed by atoms with Crippen molar-refractivity contribution in [1.29, 1.82) is 0 Å². The van der Waals surface area contributed by atoms with Crippen LogP contribution in [0.25, 0.3) is 0 Å². The van der Waals surface area contributed by atoms with Crippen LogP contribution in [0, 0.1) is 0 Å². The Labute approximate surface area is 126 Å². The molecule has 1 aliphatic rings. The van der Waals surface area contributed by atoms with Crippen molar-refractivity contribution in [2.45, 2.75) is 39.0 Å². The molecule has 0 saturated heterocycles. The summed E-state index contributed by atoms with van der Waals surface area (Å²) in [6, 6.07) is 7.90. The maximum Gasteiger partial charge on any atom is 0.242 e. The van der Waals surface area contributed by atoms with Crippen molar-refractivity contribution in [3.8, 4) is 0 Å². The molecule has 0 aromatic heterocycles. The number of hydrogen-bond acceptors (Lipinski definition) is 2. The number of benzene rings is 1. The smallest absolute Gasteiger partial charge is 0.242 e. The SMILES string of the molecule is CCCCN(C)C(=O)CN1C(=O)CCCc2ccccc21. The molecular weight excluding hydrogens is 264 g/mol. The predicted molar refractivity (Wildman–Crippen MR) is 84.3 cm³/mol. The van der Waals surface area contributed by atoms with E-state index in [2.05, 4.69) is 6.92 Å². The zero-order valence-corrected chi connectivity index (χ0v) is 13.0. The number of amides is 2. The van der Waals surface area contributed by atoms with Crippen LogP contribution in [0.2, 0.25) is 0 Å². The second kappa shape index (κ2) is 7.25. The second-order valence-electron chi connectivity index (χ2n) is 5.63. The number of fused-ring (bicyclic) bond motifs is 1. The van der Waals surface area contributed by atoms with Crippen LogP contribution in [0.3, 0.4) is 0 Å². The van der Waals surface area contributed by atoms with E-state index >= 15 is 0 Å². The van der Waals surface area contributed by atoms with E-state index < -0.39 is 0 Å². The van der Waals surface area contributed by atoms with Gasteiger partial charge in [-0.25, -0.2) is 0 Å². The molecule has 2 rings (SSSR count). The maximum absolute atomic E-state index is 12.3. The Morgan fingerprint density at radius 1 is 1.29 bits per heavy atom. The first-order chi connectivity index (χ1) is 10.1. The lowest BCUT2D eigenvalue weighted by Gasteiger charge is -2.25. The topological polar surface area (TPSA) is 40.6 Å². The Balaban J connectivity index is 2.13. The molecule has 21 heavy (non-hydrogen) atoms. The molecular formula is C17H24N2O2. The summed E-state index contributed by atoms with van der Waals surface area (Å²) in [6.07, 6.45) is 4.32. The van der Waals surface area contributed by atoms with Gasteiger partial charge in [-0.05, 0) is 30.9 Å². The van der Waals surface area contributed by atoms with Crippen LogP contribution in [0.15, 0.2) is 24.3 Å². The standard InChI is InChI=1S/C17H24N2O2/c1-3-4-12-18(2)17(21)13-19-15-10-6-5-8-14(15)9-7-11-16(19)20/h5-6,8,10H,3-4,7,9,11-13H2,1-2H3. The summed E-state index contributed by atoms with van der Waals surface area (Å²) in [5.41, 5.74) is 2.06. The molecule has 1 heterocycles. The molecule has 0 unspecified atom stereocenters. The molecule has 4 nitrogen and oxygen atoms in total. The van der Waals surface area contributed by atoms with Crippen LogP contribution in [-0.2, 0) is 16.0 Å². The van der Waals surface area contributed by atoms with Crippen molar-refractivity contribution in [2.24, 2.45) is 0 Å². The maximum atomic E-state index is 12.3. The average molecular weight is 288 g/mol. The summed E-state index contributed by atoms with van der Waals surface area (Å²) in [7, 11) is 1.81. The van der Waals surface area contributed by atoms with Gasteiger partial charge >= 0.3 is 0 Å². The summed E-state index contributed by atoms with van der Waals surface area (Å²) >= 11 is 0. The highest BCUT2D eigenvalue weighted by Gasteiger charge is 2.24. The third kappa shape index (κ3) is 3.84. The second-order valence-corrected chi connectivity index (χ2v) is 5.63. The van der Waals surface area contributed by atoms with Gasteiger partial charge in [0.05, 0.1) is 0 Å². The van der Waals surface area contributed by atoms with E-state index in [0.717, 1.165) is 43.5 Å². The highest BCUT2D eigenvalue weighted by Crippen LogP contribution is 2.26. The zero-order valence-electron chi connectivity index (χ0n) is 13.0. The van der Waals surface area contributed by atoms with Gasteiger partial charge in [0.1, 0.15) is 6.54 Å². The van der Waals surface area contributed by atoms with Gasteiger partial charge in [-0.1, -0.05) is 31.5 Å². The first kappa shape index (κ1) is 15.5. The van der Waals surface area contributed by atoms with Crippen molar-refractivity contribution in [2.75, 3.05) is 25.0 Å². The molecule has 1 aromatic rings. The number of anilines is 1. The average Bonchev–Trinajstić information content (AvgIpc) is 2.64. The lowest BCUT2D eigenvalue weighted by Crippen LogP contribution is -2.41. The Kier molecular flexibility index (Phi) is 5.37. The quantitative estimate of drug-likeness (QED) is 0.835. The van der Waals surface area contributed by atoms with Gasteiger partial charge in [-0.15, -0.1) is 0 Å². The number of unbranched alkanes of at least 4 members (excludes halogenated alkanes) is 1. The number of nitrogens with zero attached hydrogens (tertiary/aromatic N) is 2. The van der Waals surface area contributed by atoms with Gasteiger partial charge < -0.3 is 9.80 Å². The molecule has 0 atom stereocenters. The lowest BCUT2D eigenvalue weighted by molar-refractivity contribution is -0.130. The monoisotopic (exact) mass is 288 g/mol. The molecule has 114 valence electrons. The summed E-state index contributed by atoms with van der Waals surface area (Å²) < 4.78 is 0. The predicted octanol–water partition coefficient (Wildman–Crippen LogP) is 2.61. The van der Waals surface area contributed by atoms with Crippen molar-refractivity contribution in [3.63, 3.8) is 0 Å². The summed E-state index contributed by atoms with van der Waals surface area (Å²) in [5, 5.41) is 0. The van der Waals surface area contributed by atoms with Crippen LogP contribution >= 0.6 is 0 Å². The third-order valence-corrected chi connectivity index (χ3v) is 3.99. The number of aryl methyl sites for hydroxylation is 1. The molecule has 0 spiro atoms. The fraction of sp³-hybridized carbons (Fsp3) is 0.529. The largest absolute Gasteiger partial charge is 0.344 e. The molecule has 0 saturated carbocycles. The minimum absolute atomic E-state index is 0.00787. The van der Waals surface area contributed by atoms with E-state index in [1.807, 2.05) is 31.3 Å². The zero-order chi connectivity index (χ0) is 15.2. The highest BCUT2D eigenvalue weighted by molar-refractivity contribution is 5.99. The van der Waals surface area contributed by atoms with Crippen molar-refractivity contribution in [3.05, 3.63) is 29.8 Å². The van der Waals surface area contributed by atoms with Crippen LogP contribution in [0.5, 0.6) is 0 Å². The normalized spacial score (nSPS) is 14.6. The van der Waals surface area contributed by atoms with Gasteiger partial charge in [0, 0.05) is 25.7 Å². The molecule has 0 bridgehead atoms. The molecule has 2 amide bonds. The van der Waals surface area contributed by atoms with Gasteiger partial charge in [0.25, 0.3) is 0 Å². The lowest BCUT2D eigenvalue weighted by atomic mass is 10.1. The number of carbonyl (C=O) groups excluding carboxylic acids is 2. The van der Waals surface area contributed by atoms with Crippen LogP contribution in [0.4, 0.5) is 5.69 Å². The minimum Gasteiger partial charge on any atom is -0.344 e. The molecule has 0 radical (unpaired) electrons. The number of carbonyl (C=O) groups is 2. The fourth-order valence-electron chi connectivity index (χ4n) is 2.63. The Hall–Kier alpha value is -1.84. The van der Waals surface area contributed by atoms with Gasteiger partial charge in [-0.2, -0.15) is 0 Å². The van der Waals surface area contributed by atoms with E-state index in [9.17, 15) is 9.59 Å². The van der Waals surface area contributed by atoms with E-state index in [1.54, 1.807) is 9.80 Å². The Bertz CT molecular complexity index is 513. The molecule has 1 aliphatic heterocycles. The van der Waals surface area contributed by atoms with E-state index in [-0.39, 0.29) is 18.4 Å². The van der Waals surface area contributed by atoms with E-state index in [4.69, 9.17) is 0 Å². The first-order valence-electron chi connectivity index (χ1n) is 7.75. The minimum atomic E-state index is 0.00787. The van der Waals surface area contributed by atoms with Crippen molar-refractivity contribution >= 4 is 17.5 Å². The van der Waals surface area contributed by atoms with Gasteiger partial charge in [0.15, 0.2) is 0 Å². The number of para-hydroxylation sites is 1. The molecule has 0 aliphatic carbocycles. The molecule has 0 fully saturated rings. The molecule has 0 N–H and O–H groups in total. The van der Waals surface area contributed by atoms with E-state index in [0.29, 0.717) is 6.42 Å². The van der Waals surface area contributed by atoms with Crippen molar-refractivity contribution in [1.82, 2.24) is 4.90 Å². The highest BCUT2D eigenvalue weighted by atomic mass is 16.2. The molecule has 4 heteroatoms. The first-order valence-corrected chi connectivity index (χ1v) is 7.75. The summed E-state index contributed by atoms with van der Waals surface area (Å²) in [5.74, 6) is 0.0608. The van der Waals surface area contributed by atoms with Crippen molar-refractivity contribution < 1.29 is 9.59 Å². The fourth-order valence-corrected chi connectivity index (χ4v) is 2.63. The van der Waals surface area contributed by atoms with Crippen LogP contribution < -0.4 is 4.90 Å². The number of likely N-dealkylation sites (N-methyl/N-ethyl adjacent to an activating group) is 1. The Morgan fingerprint density at radius 3 is 2.81 bits per heavy atom. The third-order valence-electron chi connectivity index (χ3n) is 3.99. The number of hydrogen-bond donors (Lipinski definition) is 0. The van der Waals surface area contributed by atoms with Crippen LogP contribution in [0.1, 0.15) is 38.2 Å². The van der Waals surface area contributed by atoms with E-state index in [1.165, 1.54) is 0 Å². The number of rotatable bonds is 5.